The molecule has 0 radical (unpaired) electrons. The van der Waals surface area contributed by atoms with Crippen LogP contribution in [0, 0.1) is 19.8 Å². The topological polar surface area (TPSA) is 32.2 Å². The summed E-state index contributed by atoms with van der Waals surface area (Å²) in [5.41, 5.74) is 8.94. The highest BCUT2D eigenvalue weighted by molar-refractivity contribution is 5.92. The molecule has 2 aromatic carbocycles. The smallest absolute Gasteiger partial charge is 0.0487 e. The summed E-state index contributed by atoms with van der Waals surface area (Å²) in [6.07, 6.45) is 13.5. The van der Waals surface area contributed by atoms with Crippen molar-refractivity contribution in [1.82, 2.24) is 14.8 Å². The molecule has 44 heavy (non-hydrogen) atoms. The standard InChI is InChI=1S/C36H48N4.2C2H6/c1-8-9-29-21-25(3)35(38-31-16-18-39(6)19-17-31)22-33(29)26(4)28-11-13-30(14-12-28)37-27(5)34-23-40(7)36-20-24(2)10-15-32(34)36;2*1-2/h8-10,15,20-23,28,30-31,37-38H,1,5,11-14,16-19H2,2-4,6-7H3;2*1-2H3/b29-9-,33-26+;;. The average molecular weight is 597 g/mol. The molecule has 4 heteroatoms. The zero-order valence-corrected chi connectivity index (χ0v) is 29.3. The van der Waals surface area contributed by atoms with Crippen LogP contribution in [0.15, 0.2) is 55.8 Å². The molecule has 1 aliphatic heterocycles. The SMILES string of the molecule is C=C/C=c1/cc(C)c(NC2CCN(C)CC2)c/c1=C(/C)C1CCC(NC(=C)c2cn(C)c3cc(C)ccc23)CC1.CC.CC. The summed E-state index contributed by atoms with van der Waals surface area (Å²) in [7, 11) is 4.35. The van der Waals surface area contributed by atoms with Crippen molar-refractivity contribution < 1.29 is 0 Å². The van der Waals surface area contributed by atoms with Gasteiger partial charge in [0, 0.05) is 53.2 Å². The lowest BCUT2D eigenvalue weighted by atomic mass is 9.80. The fourth-order valence-electron chi connectivity index (χ4n) is 6.81. The maximum Gasteiger partial charge on any atom is 0.0487 e. The maximum atomic E-state index is 4.46. The number of aryl methyl sites for hydroxylation is 3. The molecule has 2 aliphatic rings. The second-order valence-corrected chi connectivity index (χ2v) is 12.4. The summed E-state index contributed by atoms with van der Waals surface area (Å²) in [5, 5.41) is 11.6. The quantitative estimate of drug-likeness (QED) is 0.288. The highest BCUT2D eigenvalue weighted by Crippen LogP contribution is 2.32. The van der Waals surface area contributed by atoms with Crippen molar-refractivity contribution in [2.24, 2.45) is 13.0 Å². The van der Waals surface area contributed by atoms with E-state index in [4.69, 9.17) is 0 Å². The van der Waals surface area contributed by atoms with Gasteiger partial charge in [0.25, 0.3) is 0 Å². The van der Waals surface area contributed by atoms with Gasteiger partial charge in [0.2, 0.25) is 0 Å². The number of hydrogen-bond acceptors (Lipinski definition) is 3. The van der Waals surface area contributed by atoms with Crippen LogP contribution >= 0.6 is 0 Å². The molecule has 5 rings (SSSR count). The molecule has 2 heterocycles. The first-order valence-electron chi connectivity index (χ1n) is 17.1. The molecule has 1 aliphatic carbocycles. The van der Waals surface area contributed by atoms with Crippen molar-refractivity contribution in [3.05, 3.63) is 82.9 Å². The van der Waals surface area contributed by atoms with Gasteiger partial charge in [-0.15, -0.1) is 0 Å². The van der Waals surface area contributed by atoms with Gasteiger partial charge in [-0.2, -0.15) is 0 Å². The molecule has 1 saturated heterocycles. The van der Waals surface area contributed by atoms with E-state index in [-0.39, 0.29) is 0 Å². The summed E-state index contributed by atoms with van der Waals surface area (Å²) < 4.78 is 2.22. The summed E-state index contributed by atoms with van der Waals surface area (Å²) in [6, 6.07) is 12.5. The van der Waals surface area contributed by atoms with E-state index in [1.54, 1.807) is 0 Å². The number of anilines is 1. The average Bonchev–Trinajstić information content (AvgIpc) is 3.37. The van der Waals surface area contributed by atoms with Crippen molar-refractivity contribution in [1.29, 1.82) is 0 Å². The molecular formula is C40H60N4. The number of fused-ring (bicyclic) bond motifs is 1. The van der Waals surface area contributed by atoms with Gasteiger partial charge in [-0.1, -0.05) is 70.7 Å². The second-order valence-electron chi connectivity index (χ2n) is 12.4. The minimum atomic E-state index is 0.469. The van der Waals surface area contributed by atoms with Crippen LogP contribution in [0.1, 0.15) is 89.8 Å². The van der Waals surface area contributed by atoms with Gasteiger partial charge in [-0.25, -0.2) is 0 Å². The van der Waals surface area contributed by atoms with E-state index in [2.05, 4.69) is 111 Å². The third-order valence-corrected chi connectivity index (χ3v) is 9.39. The molecule has 240 valence electrons. The number of piperidine rings is 1. The molecule has 0 spiro atoms. The first-order valence-corrected chi connectivity index (χ1v) is 17.1. The van der Waals surface area contributed by atoms with E-state index in [1.165, 1.54) is 88.1 Å². The minimum absolute atomic E-state index is 0.469. The Kier molecular flexibility index (Phi) is 13.4. The lowest BCUT2D eigenvalue weighted by molar-refractivity contribution is 0.264. The molecule has 0 amide bonds. The summed E-state index contributed by atoms with van der Waals surface area (Å²) in [4.78, 5) is 2.43. The van der Waals surface area contributed by atoms with E-state index in [0.29, 0.717) is 18.0 Å². The number of nitrogens with zero attached hydrogens (tertiary/aromatic N) is 2. The van der Waals surface area contributed by atoms with Crippen molar-refractivity contribution in [3.63, 3.8) is 0 Å². The van der Waals surface area contributed by atoms with Gasteiger partial charge in [0.15, 0.2) is 0 Å². The fourth-order valence-corrected chi connectivity index (χ4v) is 6.81. The highest BCUT2D eigenvalue weighted by atomic mass is 15.1. The van der Waals surface area contributed by atoms with Gasteiger partial charge in [0.05, 0.1) is 0 Å². The lowest BCUT2D eigenvalue weighted by Gasteiger charge is -2.31. The Hall–Kier alpha value is -3.24. The van der Waals surface area contributed by atoms with Gasteiger partial charge in [0.1, 0.15) is 0 Å². The fraction of sp³-hybridized carbons (Fsp3) is 0.500. The van der Waals surface area contributed by atoms with Crippen molar-refractivity contribution >= 4 is 33.9 Å². The Morgan fingerprint density at radius 3 is 2.18 bits per heavy atom. The predicted molar refractivity (Wildman–Crippen MR) is 197 cm³/mol. The molecule has 4 nitrogen and oxygen atoms in total. The molecule has 2 fully saturated rings. The third-order valence-electron chi connectivity index (χ3n) is 9.39. The van der Waals surface area contributed by atoms with E-state index in [9.17, 15) is 0 Å². The molecular weight excluding hydrogens is 536 g/mol. The normalized spacial score (nSPS) is 20.2. The van der Waals surface area contributed by atoms with Crippen molar-refractivity contribution in [2.45, 2.75) is 99.1 Å². The lowest BCUT2D eigenvalue weighted by Crippen LogP contribution is -2.38. The number of nitrogens with one attached hydrogen (secondary N) is 2. The van der Waals surface area contributed by atoms with Crippen LogP contribution in [0.2, 0.25) is 0 Å². The van der Waals surface area contributed by atoms with Crippen LogP contribution in [0.25, 0.3) is 28.2 Å². The van der Waals surface area contributed by atoms with Crippen molar-refractivity contribution in [3.8, 4) is 0 Å². The Morgan fingerprint density at radius 1 is 0.886 bits per heavy atom. The number of likely N-dealkylation sites (tertiary alicyclic amines) is 1. The Bertz CT molecular complexity index is 1510. The van der Waals surface area contributed by atoms with E-state index >= 15 is 0 Å². The number of allylic oxidation sites excluding steroid dienone is 1. The number of aromatic nitrogens is 1. The first-order chi connectivity index (χ1) is 21.2. The molecule has 1 saturated carbocycles. The predicted octanol–water partition coefficient (Wildman–Crippen LogP) is 8.31. The molecule has 0 unspecified atom stereocenters. The van der Waals surface area contributed by atoms with Crippen LogP contribution in [0.5, 0.6) is 0 Å². The maximum absolute atomic E-state index is 4.46. The van der Waals surface area contributed by atoms with Crippen LogP contribution < -0.4 is 21.1 Å². The summed E-state index contributed by atoms with van der Waals surface area (Å²) in [5.74, 6) is 0.600. The summed E-state index contributed by atoms with van der Waals surface area (Å²) in [6.45, 7) is 25.5. The zero-order valence-electron chi connectivity index (χ0n) is 29.3. The first kappa shape index (κ1) is 35.2. The van der Waals surface area contributed by atoms with Gasteiger partial charge in [-0.05, 0) is 125 Å². The van der Waals surface area contributed by atoms with Crippen LogP contribution in [0.3, 0.4) is 0 Å². The van der Waals surface area contributed by atoms with E-state index < -0.39 is 0 Å². The van der Waals surface area contributed by atoms with Gasteiger partial charge < -0.3 is 20.1 Å². The van der Waals surface area contributed by atoms with E-state index in [1.807, 2.05) is 33.8 Å². The van der Waals surface area contributed by atoms with Crippen molar-refractivity contribution in [2.75, 3.05) is 25.5 Å². The molecule has 2 N–H and O–H groups in total. The Balaban J connectivity index is 0.00000127. The molecule has 1 aromatic heterocycles. The molecule has 3 aromatic rings. The number of benzene rings is 2. The summed E-state index contributed by atoms with van der Waals surface area (Å²) >= 11 is 0. The van der Waals surface area contributed by atoms with Crippen LogP contribution in [-0.2, 0) is 7.05 Å². The van der Waals surface area contributed by atoms with Crippen LogP contribution in [-0.4, -0.2) is 41.7 Å². The largest absolute Gasteiger partial charge is 0.382 e. The minimum Gasteiger partial charge on any atom is -0.382 e. The second kappa shape index (κ2) is 16.7. The molecule has 0 bridgehead atoms. The van der Waals surface area contributed by atoms with Crippen LogP contribution in [0.4, 0.5) is 5.69 Å². The zero-order chi connectivity index (χ0) is 32.4. The number of hydrogen-bond donors (Lipinski definition) is 2. The molecule has 0 atom stereocenters. The number of rotatable bonds is 7. The Labute approximate surface area is 268 Å². The highest BCUT2D eigenvalue weighted by Gasteiger charge is 2.24. The third kappa shape index (κ3) is 8.47. The van der Waals surface area contributed by atoms with E-state index in [0.717, 1.165) is 18.5 Å². The Morgan fingerprint density at radius 2 is 1.55 bits per heavy atom. The monoisotopic (exact) mass is 596 g/mol. The van der Waals surface area contributed by atoms with Gasteiger partial charge >= 0.3 is 0 Å². The van der Waals surface area contributed by atoms with Gasteiger partial charge in [-0.3, -0.25) is 0 Å².